The molecule has 0 radical (unpaired) electrons. The fraction of sp³-hybridized carbons (Fsp3) is 0.312. The van der Waals surface area contributed by atoms with E-state index in [1.807, 2.05) is 0 Å². The second kappa shape index (κ2) is 3.86. The van der Waals surface area contributed by atoms with Gasteiger partial charge in [-0.3, -0.25) is 0 Å². The molecule has 0 nitrogen and oxygen atoms in total. The van der Waals surface area contributed by atoms with Crippen molar-refractivity contribution in [3.63, 3.8) is 0 Å². The van der Waals surface area contributed by atoms with Gasteiger partial charge in [-0.2, -0.15) is 17.7 Å². The molecule has 0 N–H and O–H groups in total. The minimum absolute atomic E-state index is 1.35. The fourth-order valence-corrected chi connectivity index (χ4v) is 2.70. The summed E-state index contributed by atoms with van der Waals surface area (Å²) in [7, 11) is 0. The van der Waals surface area contributed by atoms with Gasteiger partial charge in [0, 0.05) is 0 Å². The van der Waals surface area contributed by atoms with Crippen LogP contribution in [-0.2, 0) is 0 Å². The second-order valence-electron chi connectivity index (χ2n) is 4.85. The molecule has 0 aromatic heterocycles. The van der Waals surface area contributed by atoms with Crippen LogP contribution in [0.2, 0.25) is 0 Å². The molecule has 0 bridgehead atoms. The third-order valence-corrected chi connectivity index (χ3v) is 3.30. The SMILES string of the molecule is Cc1cc(C)c(-c2c(C)cc[c-]2C)c(C)c1. The summed E-state index contributed by atoms with van der Waals surface area (Å²) in [5.74, 6) is 0. The van der Waals surface area contributed by atoms with Crippen molar-refractivity contribution in [1.29, 1.82) is 0 Å². The number of benzene rings is 1. The van der Waals surface area contributed by atoms with Crippen molar-refractivity contribution in [2.75, 3.05) is 0 Å². The number of aryl methyl sites for hydroxylation is 5. The largest absolute Gasteiger partial charge is 0.172 e. The van der Waals surface area contributed by atoms with Crippen LogP contribution in [0.5, 0.6) is 0 Å². The zero-order valence-electron chi connectivity index (χ0n) is 10.8. The molecule has 16 heavy (non-hydrogen) atoms. The Morgan fingerprint density at radius 1 is 0.875 bits per heavy atom. The molecule has 0 amide bonds. The molecule has 0 heterocycles. The van der Waals surface area contributed by atoms with Crippen molar-refractivity contribution in [3.05, 3.63) is 52.1 Å². The lowest BCUT2D eigenvalue weighted by Crippen LogP contribution is -1.91. The first kappa shape index (κ1) is 11.1. The number of rotatable bonds is 1. The normalized spacial score (nSPS) is 10.8. The Kier molecular flexibility index (Phi) is 2.67. The average Bonchev–Trinajstić information content (AvgIpc) is 2.47. The van der Waals surface area contributed by atoms with Crippen molar-refractivity contribution in [1.82, 2.24) is 0 Å². The summed E-state index contributed by atoms with van der Waals surface area (Å²) in [6, 6.07) is 8.97. The third kappa shape index (κ3) is 1.69. The monoisotopic (exact) mass is 211 g/mol. The van der Waals surface area contributed by atoms with E-state index in [1.165, 1.54) is 38.9 Å². The first-order chi connectivity index (χ1) is 7.50. The van der Waals surface area contributed by atoms with E-state index in [0.717, 1.165) is 0 Å². The van der Waals surface area contributed by atoms with E-state index in [0.29, 0.717) is 0 Å². The maximum atomic E-state index is 2.27. The van der Waals surface area contributed by atoms with Crippen molar-refractivity contribution in [2.24, 2.45) is 0 Å². The van der Waals surface area contributed by atoms with Crippen molar-refractivity contribution in [3.8, 4) is 11.1 Å². The van der Waals surface area contributed by atoms with Gasteiger partial charge >= 0.3 is 0 Å². The van der Waals surface area contributed by atoms with Gasteiger partial charge in [0.1, 0.15) is 0 Å². The Bertz CT molecular complexity index is 484. The van der Waals surface area contributed by atoms with E-state index in [4.69, 9.17) is 0 Å². The highest BCUT2D eigenvalue weighted by molar-refractivity contribution is 5.77. The first-order valence-electron chi connectivity index (χ1n) is 5.82. The topological polar surface area (TPSA) is 0 Å². The molecule has 0 unspecified atom stereocenters. The van der Waals surface area contributed by atoms with E-state index in [1.54, 1.807) is 0 Å². The van der Waals surface area contributed by atoms with E-state index < -0.39 is 0 Å². The van der Waals surface area contributed by atoms with Gasteiger partial charge in [0.2, 0.25) is 0 Å². The maximum absolute atomic E-state index is 2.27. The summed E-state index contributed by atoms with van der Waals surface area (Å²) in [5.41, 5.74) is 9.73. The predicted molar refractivity (Wildman–Crippen MR) is 71.2 cm³/mol. The van der Waals surface area contributed by atoms with E-state index >= 15 is 0 Å². The highest BCUT2D eigenvalue weighted by Gasteiger charge is 2.04. The van der Waals surface area contributed by atoms with Gasteiger partial charge in [0.15, 0.2) is 0 Å². The van der Waals surface area contributed by atoms with Crippen LogP contribution in [0.25, 0.3) is 11.1 Å². The summed E-state index contributed by atoms with van der Waals surface area (Å²) in [6.07, 6.45) is 0. The molecule has 0 aliphatic rings. The Hall–Kier alpha value is -1.43. The molecule has 2 aromatic carbocycles. The minimum Gasteiger partial charge on any atom is -0.172 e. The second-order valence-corrected chi connectivity index (χ2v) is 4.85. The number of hydrogen-bond acceptors (Lipinski definition) is 0. The van der Waals surface area contributed by atoms with Gasteiger partial charge in [-0.1, -0.05) is 48.2 Å². The molecule has 0 fully saturated rings. The summed E-state index contributed by atoms with van der Waals surface area (Å²) in [4.78, 5) is 0. The molecule has 0 spiro atoms. The van der Waals surface area contributed by atoms with Crippen molar-refractivity contribution < 1.29 is 0 Å². The molecule has 0 saturated heterocycles. The number of hydrogen-bond donors (Lipinski definition) is 0. The molecular weight excluding hydrogens is 192 g/mol. The van der Waals surface area contributed by atoms with E-state index in [9.17, 15) is 0 Å². The van der Waals surface area contributed by atoms with Crippen LogP contribution in [-0.4, -0.2) is 0 Å². The van der Waals surface area contributed by atoms with Gasteiger partial charge in [-0.15, -0.1) is 11.1 Å². The fourth-order valence-electron chi connectivity index (χ4n) is 2.70. The molecule has 0 saturated carbocycles. The van der Waals surface area contributed by atoms with Crippen LogP contribution in [0, 0.1) is 34.6 Å². The molecule has 2 rings (SSSR count). The smallest absolute Gasteiger partial charge is 0.0398 e. The average molecular weight is 211 g/mol. The summed E-state index contributed by atoms with van der Waals surface area (Å²) in [6.45, 7) is 11.0. The zero-order chi connectivity index (χ0) is 11.9. The van der Waals surface area contributed by atoms with Crippen LogP contribution in [0.4, 0.5) is 0 Å². The Morgan fingerprint density at radius 3 is 1.88 bits per heavy atom. The molecule has 2 aromatic rings. The molecule has 0 aliphatic carbocycles. The standard InChI is InChI=1S/C16H19/c1-10-8-13(4)16(14(5)9-10)15-11(2)6-7-12(15)3/h6-9H,1-5H3/q-1. The molecular formula is C16H19-. The zero-order valence-corrected chi connectivity index (χ0v) is 10.8. The van der Waals surface area contributed by atoms with E-state index in [2.05, 4.69) is 58.9 Å². The van der Waals surface area contributed by atoms with Crippen LogP contribution >= 0.6 is 0 Å². The van der Waals surface area contributed by atoms with Gasteiger partial charge in [0.05, 0.1) is 0 Å². The Morgan fingerprint density at radius 2 is 1.44 bits per heavy atom. The summed E-state index contributed by atoms with van der Waals surface area (Å²) < 4.78 is 0. The lowest BCUT2D eigenvalue weighted by molar-refractivity contribution is 1.31. The molecule has 84 valence electrons. The van der Waals surface area contributed by atoms with Crippen molar-refractivity contribution >= 4 is 0 Å². The van der Waals surface area contributed by atoms with Gasteiger partial charge in [-0.25, -0.2) is 0 Å². The van der Waals surface area contributed by atoms with Crippen LogP contribution < -0.4 is 0 Å². The minimum atomic E-state index is 1.35. The van der Waals surface area contributed by atoms with Crippen LogP contribution in [0.15, 0.2) is 24.3 Å². The lowest BCUT2D eigenvalue weighted by Gasteiger charge is -2.20. The van der Waals surface area contributed by atoms with E-state index in [-0.39, 0.29) is 0 Å². The quantitative estimate of drug-likeness (QED) is 0.604. The predicted octanol–water partition coefficient (Wildman–Crippen LogP) is 4.61. The van der Waals surface area contributed by atoms with Crippen LogP contribution in [0.1, 0.15) is 27.8 Å². The summed E-state index contributed by atoms with van der Waals surface area (Å²) >= 11 is 0. The third-order valence-electron chi connectivity index (χ3n) is 3.30. The first-order valence-corrected chi connectivity index (χ1v) is 5.82. The highest BCUT2D eigenvalue weighted by atomic mass is 14.2. The van der Waals surface area contributed by atoms with Gasteiger partial charge in [0.25, 0.3) is 0 Å². The molecule has 0 atom stereocenters. The highest BCUT2D eigenvalue weighted by Crippen LogP contribution is 2.34. The lowest BCUT2D eigenvalue weighted by atomic mass is 9.92. The van der Waals surface area contributed by atoms with Crippen molar-refractivity contribution in [2.45, 2.75) is 34.6 Å². The summed E-state index contributed by atoms with van der Waals surface area (Å²) in [5, 5.41) is 0. The Labute approximate surface area is 98.3 Å². The Balaban J connectivity index is 2.74. The van der Waals surface area contributed by atoms with Crippen LogP contribution in [0.3, 0.4) is 0 Å². The molecule has 0 aliphatic heterocycles. The molecule has 0 heteroatoms. The van der Waals surface area contributed by atoms with Gasteiger partial charge < -0.3 is 0 Å². The van der Waals surface area contributed by atoms with Gasteiger partial charge in [-0.05, 0) is 20.8 Å². The maximum Gasteiger partial charge on any atom is -0.0398 e.